The first-order valence-corrected chi connectivity index (χ1v) is 11.1. The van der Waals surface area contributed by atoms with Crippen molar-refractivity contribution < 1.29 is 18.7 Å². The van der Waals surface area contributed by atoms with Crippen molar-refractivity contribution in [3.63, 3.8) is 0 Å². The standard InChI is InChI=1S/C24H37FN2O3/c1-4-17-26(2)18-7-5-6-8-19-29-22-15-11-21(12-16-22)27(3)24(28)30-23-13-9-20(25)10-14-23/h4,9-10,13-14,21-22H,1,5-8,11-12,15-19H2,2-3H3. The number of ether oxygens (including phenoxy) is 2. The minimum absolute atomic E-state index is 0.158. The molecule has 1 aliphatic carbocycles. The highest BCUT2D eigenvalue weighted by Crippen LogP contribution is 2.25. The van der Waals surface area contributed by atoms with Crippen molar-refractivity contribution in [1.82, 2.24) is 9.80 Å². The lowest BCUT2D eigenvalue weighted by Gasteiger charge is -2.34. The highest BCUT2D eigenvalue weighted by molar-refractivity contribution is 5.70. The molecular formula is C24H37FN2O3. The summed E-state index contributed by atoms with van der Waals surface area (Å²) in [5, 5.41) is 0. The van der Waals surface area contributed by atoms with E-state index in [2.05, 4.69) is 18.5 Å². The molecule has 2 rings (SSSR count). The van der Waals surface area contributed by atoms with Crippen molar-refractivity contribution in [2.75, 3.05) is 33.8 Å². The van der Waals surface area contributed by atoms with Crippen LogP contribution in [0.1, 0.15) is 51.4 Å². The molecule has 1 fully saturated rings. The Hall–Kier alpha value is -1.92. The fraction of sp³-hybridized carbons (Fsp3) is 0.625. The monoisotopic (exact) mass is 420 g/mol. The largest absolute Gasteiger partial charge is 0.415 e. The summed E-state index contributed by atoms with van der Waals surface area (Å²) in [6.07, 6.45) is 10.3. The quantitative estimate of drug-likeness (QED) is 0.342. The Morgan fingerprint density at radius 1 is 1.10 bits per heavy atom. The molecule has 0 spiro atoms. The van der Waals surface area contributed by atoms with Crippen molar-refractivity contribution in [2.45, 2.75) is 63.5 Å². The first kappa shape index (κ1) is 24.4. The van der Waals surface area contributed by atoms with E-state index < -0.39 is 6.09 Å². The number of unbranched alkanes of at least 4 members (excludes halogenated alkanes) is 3. The van der Waals surface area contributed by atoms with Gasteiger partial charge in [0.15, 0.2) is 0 Å². The number of rotatable bonds is 12. The maximum atomic E-state index is 13.0. The number of likely N-dealkylation sites (N-methyl/N-ethyl adjacent to an activating group) is 1. The highest BCUT2D eigenvalue weighted by atomic mass is 19.1. The Balaban J connectivity index is 1.55. The van der Waals surface area contributed by atoms with Gasteiger partial charge >= 0.3 is 6.09 Å². The van der Waals surface area contributed by atoms with Crippen LogP contribution in [0.4, 0.5) is 9.18 Å². The lowest BCUT2D eigenvalue weighted by molar-refractivity contribution is 0.0104. The topological polar surface area (TPSA) is 42.0 Å². The van der Waals surface area contributed by atoms with Gasteiger partial charge in [-0.25, -0.2) is 9.18 Å². The van der Waals surface area contributed by atoms with E-state index in [-0.39, 0.29) is 11.9 Å². The first-order chi connectivity index (χ1) is 14.5. The summed E-state index contributed by atoms with van der Waals surface area (Å²) < 4.78 is 24.3. The number of hydrogen-bond acceptors (Lipinski definition) is 4. The van der Waals surface area contributed by atoms with Crippen LogP contribution in [-0.2, 0) is 4.74 Å². The van der Waals surface area contributed by atoms with Gasteiger partial charge in [0.25, 0.3) is 0 Å². The number of carbonyl (C=O) groups is 1. The fourth-order valence-corrected chi connectivity index (χ4v) is 3.82. The van der Waals surface area contributed by atoms with Crippen molar-refractivity contribution in [3.8, 4) is 5.75 Å². The molecule has 0 N–H and O–H groups in total. The summed E-state index contributed by atoms with van der Waals surface area (Å²) in [7, 11) is 3.89. The Bertz CT molecular complexity index is 630. The molecule has 0 unspecified atom stereocenters. The molecule has 1 amide bonds. The Labute approximate surface area is 180 Å². The Kier molecular flexibility index (Phi) is 10.9. The van der Waals surface area contributed by atoms with Crippen molar-refractivity contribution in [3.05, 3.63) is 42.7 Å². The molecule has 0 aliphatic heterocycles. The van der Waals surface area contributed by atoms with Crippen LogP contribution < -0.4 is 4.74 Å². The van der Waals surface area contributed by atoms with E-state index in [1.807, 2.05) is 6.08 Å². The normalized spacial score (nSPS) is 18.9. The second kappa shape index (κ2) is 13.4. The van der Waals surface area contributed by atoms with E-state index in [1.54, 1.807) is 11.9 Å². The molecule has 30 heavy (non-hydrogen) atoms. The summed E-state index contributed by atoms with van der Waals surface area (Å²) in [5.74, 6) is 0.00946. The zero-order valence-corrected chi connectivity index (χ0v) is 18.5. The van der Waals surface area contributed by atoms with Crippen LogP contribution in [0.15, 0.2) is 36.9 Å². The molecule has 0 radical (unpaired) electrons. The molecule has 168 valence electrons. The van der Waals surface area contributed by atoms with Crippen LogP contribution in [0.3, 0.4) is 0 Å². The molecule has 5 nitrogen and oxygen atoms in total. The molecule has 1 aliphatic rings. The van der Waals surface area contributed by atoms with E-state index >= 15 is 0 Å². The van der Waals surface area contributed by atoms with Crippen LogP contribution in [0.2, 0.25) is 0 Å². The second-order valence-electron chi connectivity index (χ2n) is 8.20. The summed E-state index contributed by atoms with van der Waals surface area (Å²) >= 11 is 0. The van der Waals surface area contributed by atoms with Gasteiger partial charge in [-0.3, -0.25) is 0 Å². The van der Waals surface area contributed by atoms with E-state index in [0.29, 0.717) is 11.9 Å². The lowest BCUT2D eigenvalue weighted by atomic mass is 9.92. The Morgan fingerprint density at radius 3 is 2.43 bits per heavy atom. The van der Waals surface area contributed by atoms with Crippen molar-refractivity contribution in [2.24, 2.45) is 0 Å². The second-order valence-corrected chi connectivity index (χ2v) is 8.20. The molecule has 0 aromatic heterocycles. The predicted molar refractivity (Wildman–Crippen MR) is 118 cm³/mol. The van der Waals surface area contributed by atoms with E-state index in [1.165, 1.54) is 43.5 Å². The summed E-state index contributed by atoms with van der Waals surface area (Å²) in [4.78, 5) is 16.3. The number of hydrogen-bond donors (Lipinski definition) is 0. The van der Waals surface area contributed by atoms with Gasteiger partial charge in [0.2, 0.25) is 0 Å². The van der Waals surface area contributed by atoms with Gasteiger partial charge in [-0.15, -0.1) is 6.58 Å². The summed E-state index contributed by atoms with van der Waals surface area (Å²) in [6, 6.07) is 5.65. The minimum Gasteiger partial charge on any atom is -0.410 e. The van der Waals surface area contributed by atoms with Gasteiger partial charge in [0, 0.05) is 26.2 Å². The molecule has 0 heterocycles. The van der Waals surface area contributed by atoms with E-state index in [0.717, 1.165) is 51.8 Å². The minimum atomic E-state index is -0.398. The molecule has 1 aromatic rings. The predicted octanol–water partition coefficient (Wildman–Crippen LogP) is 5.26. The van der Waals surface area contributed by atoms with Gasteiger partial charge in [-0.05, 0) is 76.4 Å². The van der Waals surface area contributed by atoms with Gasteiger partial charge in [0.05, 0.1) is 6.10 Å². The molecule has 1 saturated carbocycles. The van der Waals surface area contributed by atoms with Gasteiger partial charge in [-0.2, -0.15) is 0 Å². The van der Waals surface area contributed by atoms with E-state index in [9.17, 15) is 9.18 Å². The van der Waals surface area contributed by atoms with Gasteiger partial charge in [-0.1, -0.05) is 18.9 Å². The van der Waals surface area contributed by atoms with Crippen LogP contribution in [0.5, 0.6) is 5.75 Å². The number of amides is 1. The highest BCUT2D eigenvalue weighted by Gasteiger charge is 2.27. The first-order valence-electron chi connectivity index (χ1n) is 11.1. The van der Waals surface area contributed by atoms with Gasteiger partial charge < -0.3 is 19.3 Å². The lowest BCUT2D eigenvalue weighted by Crippen LogP contribution is -2.42. The van der Waals surface area contributed by atoms with Crippen LogP contribution in [0.25, 0.3) is 0 Å². The SMILES string of the molecule is C=CCN(C)CCCCCCOC1CCC(N(C)C(=O)Oc2ccc(F)cc2)CC1. The van der Waals surface area contributed by atoms with Crippen LogP contribution >= 0.6 is 0 Å². The zero-order valence-electron chi connectivity index (χ0n) is 18.5. The smallest absolute Gasteiger partial charge is 0.410 e. The van der Waals surface area contributed by atoms with Crippen molar-refractivity contribution in [1.29, 1.82) is 0 Å². The molecule has 0 atom stereocenters. The molecule has 1 aromatic carbocycles. The maximum Gasteiger partial charge on any atom is 0.415 e. The van der Waals surface area contributed by atoms with Crippen LogP contribution in [0, 0.1) is 5.82 Å². The van der Waals surface area contributed by atoms with Crippen LogP contribution in [-0.4, -0.2) is 61.8 Å². The van der Waals surface area contributed by atoms with E-state index in [4.69, 9.17) is 9.47 Å². The fourth-order valence-electron chi connectivity index (χ4n) is 3.82. The number of halogens is 1. The number of benzene rings is 1. The molecule has 0 bridgehead atoms. The zero-order chi connectivity index (χ0) is 21.8. The Morgan fingerprint density at radius 2 is 1.77 bits per heavy atom. The molecule has 6 heteroatoms. The van der Waals surface area contributed by atoms with Gasteiger partial charge in [0.1, 0.15) is 11.6 Å². The van der Waals surface area contributed by atoms with Crippen molar-refractivity contribution >= 4 is 6.09 Å². The average Bonchev–Trinajstić information content (AvgIpc) is 2.74. The summed E-state index contributed by atoms with van der Waals surface area (Å²) in [6.45, 7) is 6.65. The maximum absolute atomic E-state index is 13.0. The number of nitrogens with zero attached hydrogens (tertiary/aromatic N) is 2. The average molecular weight is 421 g/mol. The molecular weight excluding hydrogens is 383 g/mol. The summed E-state index contributed by atoms with van der Waals surface area (Å²) in [5.41, 5.74) is 0. The number of carbonyl (C=O) groups excluding carboxylic acids is 1. The third-order valence-corrected chi connectivity index (χ3v) is 5.73. The molecule has 0 saturated heterocycles. The third-order valence-electron chi connectivity index (χ3n) is 5.73. The third kappa shape index (κ3) is 8.84.